The monoisotopic (exact) mass is 341 g/mol. The molecule has 1 fully saturated rings. The van der Waals surface area contributed by atoms with Crippen LogP contribution >= 0.6 is 11.3 Å². The molecule has 0 atom stereocenters. The highest BCUT2D eigenvalue weighted by atomic mass is 32.2. The summed E-state index contributed by atoms with van der Waals surface area (Å²) in [5.74, 6) is 1.55. The average molecular weight is 341 g/mol. The maximum atomic E-state index is 12.5. The molecule has 6 nitrogen and oxygen atoms in total. The van der Waals surface area contributed by atoms with Gasteiger partial charge in [0.15, 0.2) is 5.82 Å². The predicted octanol–water partition coefficient (Wildman–Crippen LogP) is 2.65. The molecule has 3 rings (SSSR count). The summed E-state index contributed by atoms with van der Waals surface area (Å²) in [4.78, 5) is 4.42. The molecule has 0 radical (unpaired) electrons. The van der Waals surface area contributed by atoms with Crippen LogP contribution in [0.1, 0.15) is 43.8 Å². The average Bonchev–Trinajstić information content (AvgIpc) is 3.20. The molecule has 0 N–H and O–H groups in total. The molecular formula is C14H19N3O3S2. The quantitative estimate of drug-likeness (QED) is 0.835. The molecule has 1 aliphatic heterocycles. The zero-order chi connectivity index (χ0) is 15.6. The molecule has 0 spiro atoms. The molecule has 2 aromatic heterocycles. The number of rotatable bonds is 5. The maximum Gasteiger partial charge on any atom is 0.252 e. The Balaban J connectivity index is 1.65. The van der Waals surface area contributed by atoms with Gasteiger partial charge >= 0.3 is 0 Å². The highest BCUT2D eigenvalue weighted by molar-refractivity contribution is 7.91. The van der Waals surface area contributed by atoms with E-state index < -0.39 is 10.0 Å². The summed E-state index contributed by atoms with van der Waals surface area (Å²) in [5, 5.41) is 5.76. The van der Waals surface area contributed by atoms with Crippen LogP contribution in [-0.2, 0) is 16.4 Å². The first-order chi connectivity index (χ1) is 10.6. The Morgan fingerprint density at radius 2 is 2.18 bits per heavy atom. The van der Waals surface area contributed by atoms with Crippen LogP contribution in [0.5, 0.6) is 0 Å². The Morgan fingerprint density at radius 3 is 2.82 bits per heavy atom. The fourth-order valence-electron chi connectivity index (χ4n) is 2.64. The van der Waals surface area contributed by atoms with E-state index in [0.29, 0.717) is 23.2 Å². The van der Waals surface area contributed by atoms with Crippen molar-refractivity contribution in [3.05, 3.63) is 29.2 Å². The molecular weight excluding hydrogens is 322 g/mol. The minimum Gasteiger partial charge on any atom is -0.339 e. The van der Waals surface area contributed by atoms with Crippen molar-refractivity contribution in [2.24, 2.45) is 0 Å². The molecule has 3 heterocycles. The van der Waals surface area contributed by atoms with Gasteiger partial charge in [0.1, 0.15) is 4.21 Å². The van der Waals surface area contributed by atoms with E-state index in [2.05, 4.69) is 17.1 Å². The summed E-state index contributed by atoms with van der Waals surface area (Å²) in [6.07, 6.45) is 3.24. The second kappa shape index (κ2) is 6.47. The molecule has 0 bridgehead atoms. The largest absolute Gasteiger partial charge is 0.339 e. The van der Waals surface area contributed by atoms with Crippen LogP contribution in [-0.4, -0.2) is 36.0 Å². The van der Waals surface area contributed by atoms with Crippen molar-refractivity contribution in [1.29, 1.82) is 0 Å². The predicted molar refractivity (Wildman–Crippen MR) is 83.3 cm³/mol. The van der Waals surface area contributed by atoms with Crippen molar-refractivity contribution in [2.45, 2.75) is 42.7 Å². The molecule has 22 heavy (non-hydrogen) atoms. The Labute approximate surface area is 134 Å². The van der Waals surface area contributed by atoms with Gasteiger partial charge in [-0.2, -0.15) is 9.29 Å². The first kappa shape index (κ1) is 15.6. The van der Waals surface area contributed by atoms with Crippen molar-refractivity contribution < 1.29 is 12.9 Å². The summed E-state index contributed by atoms with van der Waals surface area (Å²) in [6, 6.07) is 3.42. The van der Waals surface area contributed by atoms with Crippen LogP contribution in [0.3, 0.4) is 0 Å². The topological polar surface area (TPSA) is 76.3 Å². The van der Waals surface area contributed by atoms with Gasteiger partial charge in [-0.1, -0.05) is 18.1 Å². The number of hydrogen-bond donors (Lipinski definition) is 0. The van der Waals surface area contributed by atoms with Crippen LogP contribution in [0, 0.1) is 0 Å². The summed E-state index contributed by atoms with van der Waals surface area (Å²) in [7, 11) is -3.34. The molecule has 0 aliphatic carbocycles. The highest BCUT2D eigenvalue weighted by Gasteiger charge is 2.32. The Bertz CT molecular complexity index is 702. The Hall–Kier alpha value is -1.25. The fourth-order valence-corrected chi connectivity index (χ4v) is 5.25. The second-order valence-corrected chi connectivity index (χ2v) is 8.52. The molecule has 2 aromatic rings. The van der Waals surface area contributed by atoms with Gasteiger partial charge in [-0.3, -0.25) is 0 Å². The number of thiophene rings is 1. The van der Waals surface area contributed by atoms with Gasteiger partial charge in [0.2, 0.25) is 5.89 Å². The van der Waals surface area contributed by atoms with E-state index >= 15 is 0 Å². The molecule has 0 aromatic carbocycles. The standard InChI is InChI=1S/C14H19N3O3S2/c1-2-4-12-15-14(20-16-12)11-6-8-17(9-7-11)22(18,19)13-5-3-10-21-13/h3,5,10-11H,2,4,6-9H2,1H3. The number of hydrogen-bond acceptors (Lipinski definition) is 6. The zero-order valence-corrected chi connectivity index (χ0v) is 14.1. The lowest BCUT2D eigenvalue weighted by atomic mass is 9.98. The SMILES string of the molecule is CCCc1noc(C2CCN(S(=O)(=O)c3cccs3)CC2)n1. The van der Waals surface area contributed by atoms with Crippen molar-refractivity contribution in [3.63, 3.8) is 0 Å². The minimum absolute atomic E-state index is 0.160. The van der Waals surface area contributed by atoms with E-state index in [0.717, 1.165) is 31.5 Å². The number of piperidine rings is 1. The number of nitrogens with zero attached hydrogens (tertiary/aromatic N) is 3. The van der Waals surface area contributed by atoms with Crippen LogP contribution < -0.4 is 0 Å². The normalized spacial score (nSPS) is 17.9. The van der Waals surface area contributed by atoms with Gasteiger partial charge in [0.05, 0.1) is 0 Å². The van der Waals surface area contributed by atoms with Crippen molar-refractivity contribution >= 4 is 21.4 Å². The first-order valence-corrected chi connectivity index (χ1v) is 9.79. The lowest BCUT2D eigenvalue weighted by Gasteiger charge is -2.29. The molecule has 8 heteroatoms. The van der Waals surface area contributed by atoms with Crippen molar-refractivity contribution in [1.82, 2.24) is 14.4 Å². The van der Waals surface area contributed by atoms with Gasteiger partial charge < -0.3 is 4.52 Å². The van der Waals surface area contributed by atoms with E-state index in [-0.39, 0.29) is 5.92 Å². The smallest absolute Gasteiger partial charge is 0.252 e. The lowest BCUT2D eigenvalue weighted by molar-refractivity contribution is 0.270. The zero-order valence-electron chi connectivity index (χ0n) is 12.4. The molecule has 1 saturated heterocycles. The third kappa shape index (κ3) is 3.09. The Morgan fingerprint density at radius 1 is 1.41 bits per heavy atom. The highest BCUT2D eigenvalue weighted by Crippen LogP contribution is 2.30. The summed E-state index contributed by atoms with van der Waals surface area (Å²) in [5.41, 5.74) is 0. The van der Waals surface area contributed by atoms with Gasteiger partial charge in [-0.25, -0.2) is 8.42 Å². The Kier molecular flexibility index (Phi) is 4.60. The summed E-state index contributed by atoms with van der Waals surface area (Å²) in [6.45, 7) is 3.07. The van der Waals surface area contributed by atoms with E-state index in [4.69, 9.17) is 4.52 Å². The van der Waals surface area contributed by atoms with Crippen molar-refractivity contribution in [2.75, 3.05) is 13.1 Å². The minimum atomic E-state index is -3.34. The van der Waals surface area contributed by atoms with Gasteiger partial charge in [-0.05, 0) is 30.7 Å². The first-order valence-electron chi connectivity index (χ1n) is 7.47. The van der Waals surface area contributed by atoms with Crippen LogP contribution in [0.2, 0.25) is 0 Å². The van der Waals surface area contributed by atoms with E-state index in [1.54, 1.807) is 21.8 Å². The van der Waals surface area contributed by atoms with Crippen LogP contribution in [0.4, 0.5) is 0 Å². The van der Waals surface area contributed by atoms with E-state index in [1.807, 2.05) is 0 Å². The molecule has 0 unspecified atom stereocenters. The van der Waals surface area contributed by atoms with Crippen molar-refractivity contribution in [3.8, 4) is 0 Å². The van der Waals surface area contributed by atoms with Gasteiger partial charge in [0, 0.05) is 25.4 Å². The maximum absolute atomic E-state index is 12.5. The molecule has 0 saturated carbocycles. The van der Waals surface area contributed by atoms with E-state index in [1.165, 1.54) is 11.3 Å². The third-order valence-corrected chi connectivity index (χ3v) is 7.12. The molecule has 120 valence electrons. The third-order valence-electron chi connectivity index (χ3n) is 3.85. The summed E-state index contributed by atoms with van der Waals surface area (Å²) >= 11 is 1.26. The van der Waals surface area contributed by atoms with Crippen LogP contribution in [0.25, 0.3) is 0 Å². The van der Waals surface area contributed by atoms with Gasteiger partial charge in [0.25, 0.3) is 10.0 Å². The van der Waals surface area contributed by atoms with E-state index in [9.17, 15) is 8.42 Å². The number of aromatic nitrogens is 2. The lowest BCUT2D eigenvalue weighted by Crippen LogP contribution is -2.37. The van der Waals surface area contributed by atoms with Crippen LogP contribution in [0.15, 0.2) is 26.2 Å². The molecule has 0 amide bonds. The van der Waals surface area contributed by atoms with Gasteiger partial charge in [-0.15, -0.1) is 11.3 Å². The summed E-state index contributed by atoms with van der Waals surface area (Å²) < 4.78 is 32.2. The fraction of sp³-hybridized carbons (Fsp3) is 0.571. The number of aryl methyl sites for hydroxylation is 1. The second-order valence-electron chi connectivity index (χ2n) is 5.41. The number of sulfonamides is 1. The molecule has 1 aliphatic rings.